The van der Waals surface area contributed by atoms with Crippen LogP contribution in [0.1, 0.15) is 29.2 Å². The van der Waals surface area contributed by atoms with Crippen LogP contribution in [0.4, 0.5) is 5.82 Å². The highest BCUT2D eigenvalue weighted by Crippen LogP contribution is 2.40. The number of anilines is 1. The van der Waals surface area contributed by atoms with Gasteiger partial charge in [-0.2, -0.15) is 14.9 Å². The summed E-state index contributed by atoms with van der Waals surface area (Å²) in [4.78, 5) is 28.2. The lowest BCUT2D eigenvalue weighted by Crippen LogP contribution is -2.25. The Morgan fingerprint density at radius 1 is 1.20 bits per heavy atom. The van der Waals surface area contributed by atoms with Gasteiger partial charge in [0.15, 0.2) is 6.61 Å². The molecule has 0 saturated carbocycles. The summed E-state index contributed by atoms with van der Waals surface area (Å²) in [6.07, 6.45) is 1.81. The standard InChI is InChI=1S/C24H20ClN7O3/c1-13-22-18(14-4-8-17(9-5-14)35-12-20(26)33)10-21(34)29-23(22)32(31-13)24-28-19(11-27-30-24)15-2-6-16(25)7-3-15/h2-9,11,18H,10,12H2,1H3,(H2,26,33)(H,29,34)/t18-/m1/s1. The van der Waals surface area contributed by atoms with E-state index in [4.69, 9.17) is 22.1 Å². The molecular formula is C24H20ClN7O3. The number of rotatable bonds is 6. The van der Waals surface area contributed by atoms with Crippen molar-refractivity contribution in [1.29, 1.82) is 0 Å². The summed E-state index contributed by atoms with van der Waals surface area (Å²) in [5.74, 6) is 0.317. The number of nitrogens with two attached hydrogens (primary N) is 1. The fourth-order valence-corrected chi connectivity index (χ4v) is 4.20. The molecule has 3 N–H and O–H groups in total. The van der Waals surface area contributed by atoms with Crippen LogP contribution < -0.4 is 15.8 Å². The van der Waals surface area contributed by atoms with Crippen molar-refractivity contribution >= 4 is 29.2 Å². The van der Waals surface area contributed by atoms with E-state index in [0.717, 1.165) is 22.4 Å². The Labute approximate surface area is 205 Å². The number of hydrogen-bond acceptors (Lipinski definition) is 7. The Hall–Kier alpha value is -4.31. The van der Waals surface area contributed by atoms with Crippen molar-refractivity contribution in [2.75, 3.05) is 11.9 Å². The quantitative estimate of drug-likeness (QED) is 0.424. The summed E-state index contributed by atoms with van der Waals surface area (Å²) >= 11 is 5.99. The number of aromatic nitrogens is 5. The molecule has 1 atom stereocenters. The van der Waals surface area contributed by atoms with Gasteiger partial charge in [0.1, 0.15) is 11.6 Å². The summed E-state index contributed by atoms with van der Waals surface area (Å²) < 4.78 is 6.84. The van der Waals surface area contributed by atoms with Crippen LogP contribution in [-0.2, 0) is 9.59 Å². The van der Waals surface area contributed by atoms with Gasteiger partial charge in [-0.1, -0.05) is 35.9 Å². The van der Waals surface area contributed by atoms with Gasteiger partial charge in [-0.05, 0) is 36.8 Å². The Morgan fingerprint density at radius 3 is 2.66 bits per heavy atom. The molecule has 2 amide bonds. The van der Waals surface area contributed by atoms with Gasteiger partial charge in [-0.15, -0.1) is 5.10 Å². The predicted molar refractivity (Wildman–Crippen MR) is 128 cm³/mol. The first-order valence-electron chi connectivity index (χ1n) is 10.8. The molecule has 176 valence electrons. The minimum Gasteiger partial charge on any atom is -0.484 e. The Morgan fingerprint density at radius 2 is 1.94 bits per heavy atom. The molecule has 35 heavy (non-hydrogen) atoms. The second kappa shape index (κ2) is 9.15. The topological polar surface area (TPSA) is 138 Å². The van der Waals surface area contributed by atoms with Crippen LogP contribution in [-0.4, -0.2) is 43.4 Å². The first kappa shape index (κ1) is 22.5. The first-order valence-corrected chi connectivity index (χ1v) is 11.1. The summed E-state index contributed by atoms with van der Waals surface area (Å²) in [7, 11) is 0. The van der Waals surface area contributed by atoms with Crippen LogP contribution >= 0.6 is 11.6 Å². The maximum absolute atomic E-state index is 12.7. The molecule has 4 aromatic rings. The minimum absolute atomic E-state index is 0.153. The molecule has 1 aliphatic rings. The van der Waals surface area contributed by atoms with Crippen molar-refractivity contribution in [3.63, 3.8) is 0 Å². The summed E-state index contributed by atoms with van der Waals surface area (Å²) in [5, 5.41) is 16.4. The van der Waals surface area contributed by atoms with Crippen molar-refractivity contribution in [1.82, 2.24) is 25.0 Å². The number of nitrogens with one attached hydrogen (secondary N) is 1. The van der Waals surface area contributed by atoms with Crippen molar-refractivity contribution in [3.05, 3.63) is 76.6 Å². The third-order valence-corrected chi connectivity index (χ3v) is 5.90. The van der Waals surface area contributed by atoms with Crippen molar-refractivity contribution in [3.8, 4) is 23.0 Å². The number of ether oxygens (including phenoxy) is 1. The van der Waals surface area contributed by atoms with Crippen LogP contribution in [0.3, 0.4) is 0 Å². The zero-order chi connectivity index (χ0) is 24.5. The van der Waals surface area contributed by atoms with Crippen LogP contribution in [0, 0.1) is 6.92 Å². The predicted octanol–water partition coefficient (Wildman–Crippen LogP) is 3.02. The average Bonchev–Trinajstić information content (AvgIpc) is 3.19. The van der Waals surface area contributed by atoms with E-state index < -0.39 is 5.91 Å². The smallest absolute Gasteiger partial charge is 0.272 e. The molecule has 3 heterocycles. The van der Waals surface area contributed by atoms with Crippen molar-refractivity contribution in [2.24, 2.45) is 5.73 Å². The lowest BCUT2D eigenvalue weighted by molar-refractivity contribution is -0.120. The lowest BCUT2D eigenvalue weighted by Gasteiger charge is -2.24. The number of benzene rings is 2. The highest BCUT2D eigenvalue weighted by Gasteiger charge is 2.33. The normalized spacial score (nSPS) is 14.8. The number of primary amides is 1. The van der Waals surface area contributed by atoms with Crippen molar-refractivity contribution in [2.45, 2.75) is 19.3 Å². The molecule has 0 bridgehead atoms. The van der Waals surface area contributed by atoms with Gasteiger partial charge in [-0.3, -0.25) is 9.59 Å². The van der Waals surface area contributed by atoms with Gasteiger partial charge in [0.25, 0.3) is 11.9 Å². The summed E-state index contributed by atoms with van der Waals surface area (Å²) in [6.45, 7) is 1.67. The maximum Gasteiger partial charge on any atom is 0.272 e. The molecular weight excluding hydrogens is 470 g/mol. The van der Waals surface area contributed by atoms with E-state index in [2.05, 4.69) is 25.6 Å². The fourth-order valence-electron chi connectivity index (χ4n) is 4.07. The molecule has 2 aromatic heterocycles. The van der Waals surface area contributed by atoms with E-state index >= 15 is 0 Å². The maximum atomic E-state index is 12.7. The number of nitrogens with zero attached hydrogens (tertiary/aromatic N) is 5. The molecule has 0 unspecified atom stereocenters. The number of carbonyl (C=O) groups excluding carboxylic acids is 2. The van der Waals surface area contributed by atoms with Crippen LogP contribution in [0.25, 0.3) is 17.2 Å². The van der Waals surface area contributed by atoms with Gasteiger partial charge in [0, 0.05) is 28.5 Å². The van der Waals surface area contributed by atoms with Crippen LogP contribution in [0.2, 0.25) is 5.02 Å². The molecule has 1 aliphatic heterocycles. The average molecular weight is 490 g/mol. The third kappa shape index (κ3) is 4.56. The fraction of sp³-hybridized carbons (Fsp3) is 0.167. The highest BCUT2D eigenvalue weighted by molar-refractivity contribution is 6.30. The van der Waals surface area contributed by atoms with E-state index in [9.17, 15) is 9.59 Å². The second-order valence-electron chi connectivity index (χ2n) is 8.04. The lowest BCUT2D eigenvalue weighted by atomic mass is 9.86. The molecule has 10 nitrogen and oxygen atoms in total. The Bertz CT molecular complexity index is 1420. The molecule has 0 fully saturated rings. The van der Waals surface area contributed by atoms with E-state index in [1.165, 1.54) is 4.68 Å². The second-order valence-corrected chi connectivity index (χ2v) is 8.47. The molecule has 0 saturated heterocycles. The summed E-state index contributed by atoms with van der Waals surface area (Å²) in [6, 6.07) is 14.4. The number of hydrogen-bond donors (Lipinski definition) is 2. The van der Waals surface area contributed by atoms with Crippen molar-refractivity contribution < 1.29 is 14.3 Å². The zero-order valence-corrected chi connectivity index (χ0v) is 19.4. The number of amides is 2. The minimum atomic E-state index is -0.553. The van der Waals surface area contributed by atoms with Gasteiger partial charge < -0.3 is 15.8 Å². The van der Waals surface area contributed by atoms with Crippen LogP contribution in [0.5, 0.6) is 5.75 Å². The third-order valence-electron chi connectivity index (χ3n) is 5.64. The highest BCUT2D eigenvalue weighted by atomic mass is 35.5. The van der Waals surface area contributed by atoms with Crippen LogP contribution in [0.15, 0.2) is 54.7 Å². The van der Waals surface area contributed by atoms with Gasteiger partial charge in [0.05, 0.1) is 17.6 Å². The van der Waals surface area contributed by atoms with Gasteiger partial charge in [-0.25, -0.2) is 4.98 Å². The molecule has 11 heteroatoms. The number of carbonyl (C=O) groups is 2. The number of aryl methyl sites for hydroxylation is 1. The van der Waals surface area contributed by atoms with E-state index in [-0.39, 0.29) is 30.8 Å². The van der Waals surface area contributed by atoms with Gasteiger partial charge in [0.2, 0.25) is 5.91 Å². The van der Waals surface area contributed by atoms with E-state index in [1.54, 1.807) is 30.5 Å². The zero-order valence-electron chi connectivity index (χ0n) is 18.6. The van der Waals surface area contributed by atoms with E-state index in [0.29, 0.717) is 22.3 Å². The summed E-state index contributed by atoms with van der Waals surface area (Å²) in [5.41, 5.74) is 9.07. The SMILES string of the molecule is Cc1nn(-c2nncc(-c3ccc(Cl)cc3)n2)c2c1[C@@H](c1ccc(OCC(N)=O)cc1)CC(=O)N2. The molecule has 5 rings (SSSR count). The molecule has 0 radical (unpaired) electrons. The molecule has 0 spiro atoms. The first-order chi connectivity index (χ1) is 16.9. The molecule has 2 aromatic carbocycles. The largest absolute Gasteiger partial charge is 0.484 e. The van der Waals surface area contributed by atoms with E-state index in [1.807, 2.05) is 31.2 Å². The number of fused-ring (bicyclic) bond motifs is 1. The Balaban J connectivity index is 1.51. The number of halogens is 1. The molecule has 0 aliphatic carbocycles. The monoisotopic (exact) mass is 489 g/mol. The van der Waals surface area contributed by atoms with Gasteiger partial charge >= 0.3 is 0 Å². The Kier molecular flexibility index (Phi) is 5.87.